The van der Waals surface area contributed by atoms with Crippen molar-refractivity contribution in [2.45, 2.75) is 50.8 Å². The second-order valence-electron chi connectivity index (χ2n) is 7.39. The van der Waals surface area contributed by atoms with Crippen molar-refractivity contribution in [1.29, 1.82) is 0 Å². The third kappa shape index (κ3) is 5.44. The smallest absolute Gasteiger partial charge is 0.339 e. The summed E-state index contributed by atoms with van der Waals surface area (Å²) in [6.07, 6.45) is -3.29. The van der Waals surface area contributed by atoms with Crippen LogP contribution >= 0.6 is 11.8 Å². The topological polar surface area (TPSA) is 78.9 Å². The summed E-state index contributed by atoms with van der Waals surface area (Å²) in [7, 11) is 0. The number of benzene rings is 2. The monoisotopic (exact) mass is 446 g/mol. The Bertz CT molecular complexity index is 990. The Hall–Kier alpha value is -2.87. The summed E-state index contributed by atoms with van der Waals surface area (Å²) in [6, 6.07) is 11.8. The highest BCUT2D eigenvalue weighted by Gasteiger charge is 2.51. The van der Waals surface area contributed by atoms with Crippen molar-refractivity contribution in [1.82, 2.24) is 0 Å². The third-order valence-corrected chi connectivity index (χ3v) is 6.01. The van der Waals surface area contributed by atoms with Crippen LogP contribution < -0.4 is 0 Å². The summed E-state index contributed by atoms with van der Waals surface area (Å²) in [5.41, 5.74) is 0.750. The maximum absolute atomic E-state index is 15.0. The lowest BCUT2D eigenvalue weighted by Crippen LogP contribution is -2.37. The second kappa shape index (κ2) is 9.51. The van der Waals surface area contributed by atoms with Crippen LogP contribution in [-0.2, 0) is 19.0 Å². The molecule has 0 radical (unpaired) electrons. The highest BCUT2D eigenvalue weighted by atomic mass is 32.2. The van der Waals surface area contributed by atoms with E-state index in [1.165, 1.54) is 0 Å². The normalized spacial score (nSPS) is 22.6. The lowest BCUT2D eigenvalue weighted by molar-refractivity contribution is -0.145. The van der Waals surface area contributed by atoms with E-state index in [4.69, 9.17) is 14.2 Å². The van der Waals surface area contributed by atoms with Gasteiger partial charge in [-0.1, -0.05) is 47.2 Å². The van der Waals surface area contributed by atoms with Crippen LogP contribution in [0.15, 0.2) is 42.5 Å². The maximum Gasteiger partial charge on any atom is 0.339 e. The average molecular weight is 446 g/mol. The molecule has 8 heteroatoms. The highest BCUT2D eigenvalue weighted by Crippen LogP contribution is 2.40. The number of halogens is 1. The Labute approximate surface area is 184 Å². The first kappa shape index (κ1) is 22.8. The molecular formula is C23H23FO6S. The number of thioether (sulfide) groups is 1. The molecule has 3 rings (SSSR count). The molecule has 2 aromatic rings. The molecule has 1 aliphatic rings. The number of carbonyl (C=O) groups excluding carboxylic acids is 3. The number of rotatable bonds is 5. The fourth-order valence-electron chi connectivity index (χ4n) is 3.15. The van der Waals surface area contributed by atoms with E-state index in [0.717, 1.165) is 29.8 Å². The Morgan fingerprint density at radius 1 is 0.839 bits per heavy atom. The molecule has 0 aliphatic carbocycles. The van der Waals surface area contributed by atoms with Gasteiger partial charge in [0.05, 0.1) is 11.1 Å². The van der Waals surface area contributed by atoms with Crippen molar-refractivity contribution in [2.24, 2.45) is 0 Å². The fourth-order valence-corrected chi connectivity index (χ4v) is 4.42. The molecule has 1 heterocycles. The number of alkyl halides is 1. The first-order valence-corrected chi connectivity index (χ1v) is 10.6. The van der Waals surface area contributed by atoms with Crippen LogP contribution in [0.25, 0.3) is 0 Å². The Kier molecular flexibility index (Phi) is 7.00. The number of hydrogen-bond donors (Lipinski definition) is 0. The van der Waals surface area contributed by atoms with E-state index in [2.05, 4.69) is 0 Å². The molecule has 1 aliphatic heterocycles. The van der Waals surface area contributed by atoms with Crippen molar-refractivity contribution in [3.8, 4) is 0 Å². The summed E-state index contributed by atoms with van der Waals surface area (Å²) >= 11 is 0.788. The molecule has 1 saturated heterocycles. The van der Waals surface area contributed by atoms with E-state index in [0.29, 0.717) is 11.1 Å². The molecule has 1 fully saturated rings. The van der Waals surface area contributed by atoms with E-state index >= 15 is 4.39 Å². The van der Waals surface area contributed by atoms with Crippen molar-refractivity contribution in [3.63, 3.8) is 0 Å². The van der Waals surface area contributed by atoms with Gasteiger partial charge < -0.3 is 14.2 Å². The minimum Gasteiger partial charge on any atom is -0.451 e. The number of ether oxygens (including phenoxy) is 3. The zero-order chi connectivity index (χ0) is 22.7. The number of carbonyl (C=O) groups is 3. The van der Waals surface area contributed by atoms with Crippen LogP contribution in [0.1, 0.15) is 44.3 Å². The van der Waals surface area contributed by atoms with Gasteiger partial charge in [-0.15, -0.1) is 0 Å². The molecular weight excluding hydrogens is 423 g/mol. The summed E-state index contributed by atoms with van der Waals surface area (Å²) in [4.78, 5) is 36.6. The summed E-state index contributed by atoms with van der Waals surface area (Å²) in [5.74, 6) is -2.13. The van der Waals surface area contributed by atoms with Gasteiger partial charge in [0.15, 0.2) is 23.1 Å². The number of hydrogen-bond acceptors (Lipinski definition) is 7. The van der Waals surface area contributed by atoms with Gasteiger partial charge in [-0.05, 0) is 44.5 Å². The predicted octanol–water partition coefficient (Wildman–Crippen LogP) is 4.29. The SMILES string of the molecule is CC(=O)O[C@@H]1S[C@@H](OC(=O)c2ccc(C)cc2C)[C@@H](OC(=O)c2ccc(C)cc2)[C@@H]1F. The zero-order valence-corrected chi connectivity index (χ0v) is 18.4. The summed E-state index contributed by atoms with van der Waals surface area (Å²) in [6.45, 7) is 6.68. The van der Waals surface area contributed by atoms with Gasteiger partial charge in [-0.2, -0.15) is 0 Å². The van der Waals surface area contributed by atoms with Crippen LogP contribution in [0, 0.1) is 20.8 Å². The molecule has 0 N–H and O–H groups in total. The largest absolute Gasteiger partial charge is 0.451 e. The zero-order valence-electron chi connectivity index (χ0n) is 17.6. The maximum atomic E-state index is 15.0. The van der Waals surface area contributed by atoms with Crippen LogP contribution in [0.4, 0.5) is 4.39 Å². The molecule has 2 aromatic carbocycles. The molecule has 164 valence electrons. The standard InChI is InChI=1S/C23H23FO6S/c1-12-5-8-16(9-6-12)20(26)29-19-18(24)22(28-15(4)25)31-23(19)30-21(27)17-10-7-13(2)11-14(17)3/h5-11,18-19,22-23H,1-4H3/t18-,19-,22+,23+/m0/s1. The van der Waals surface area contributed by atoms with E-state index < -0.39 is 41.1 Å². The van der Waals surface area contributed by atoms with Crippen LogP contribution in [0.2, 0.25) is 0 Å². The lowest BCUT2D eigenvalue weighted by Gasteiger charge is -2.21. The summed E-state index contributed by atoms with van der Waals surface area (Å²) in [5, 5.41) is 0. The molecule has 0 amide bonds. The molecule has 0 spiro atoms. The van der Waals surface area contributed by atoms with Gasteiger partial charge in [-0.3, -0.25) is 4.79 Å². The fraction of sp³-hybridized carbons (Fsp3) is 0.348. The van der Waals surface area contributed by atoms with E-state index in [9.17, 15) is 14.4 Å². The molecule has 0 bridgehead atoms. The lowest BCUT2D eigenvalue weighted by atomic mass is 10.1. The van der Waals surface area contributed by atoms with Gasteiger partial charge in [0.1, 0.15) is 0 Å². The molecule has 0 unspecified atom stereocenters. The van der Waals surface area contributed by atoms with Gasteiger partial charge in [-0.25, -0.2) is 14.0 Å². The van der Waals surface area contributed by atoms with Crippen molar-refractivity contribution in [3.05, 3.63) is 70.3 Å². The minimum absolute atomic E-state index is 0.234. The average Bonchev–Trinajstić information content (AvgIpc) is 2.96. The van der Waals surface area contributed by atoms with Gasteiger partial charge in [0, 0.05) is 6.92 Å². The Morgan fingerprint density at radius 2 is 1.48 bits per heavy atom. The third-order valence-electron chi connectivity index (χ3n) is 4.75. The minimum atomic E-state index is -1.86. The van der Waals surface area contributed by atoms with Crippen LogP contribution in [0.5, 0.6) is 0 Å². The molecule has 6 nitrogen and oxygen atoms in total. The second-order valence-corrected chi connectivity index (χ2v) is 8.59. The van der Waals surface area contributed by atoms with E-state index in [1.54, 1.807) is 43.3 Å². The number of aryl methyl sites for hydroxylation is 3. The first-order valence-electron chi connectivity index (χ1n) is 9.68. The first-order chi connectivity index (χ1) is 14.7. The number of esters is 3. The van der Waals surface area contributed by atoms with Crippen molar-refractivity contribution < 1.29 is 33.0 Å². The molecule has 0 saturated carbocycles. The molecule has 31 heavy (non-hydrogen) atoms. The van der Waals surface area contributed by atoms with Crippen LogP contribution in [-0.4, -0.2) is 41.1 Å². The highest BCUT2D eigenvalue weighted by molar-refractivity contribution is 8.00. The quantitative estimate of drug-likeness (QED) is 0.501. The van der Waals surface area contributed by atoms with Gasteiger partial charge in [0.2, 0.25) is 0 Å². The predicted molar refractivity (Wildman–Crippen MR) is 114 cm³/mol. The summed E-state index contributed by atoms with van der Waals surface area (Å²) < 4.78 is 30.8. The van der Waals surface area contributed by atoms with Gasteiger partial charge >= 0.3 is 17.9 Å². The molecule has 4 atom stereocenters. The van der Waals surface area contributed by atoms with Crippen LogP contribution in [0.3, 0.4) is 0 Å². The Morgan fingerprint density at radius 3 is 2.10 bits per heavy atom. The van der Waals surface area contributed by atoms with Gasteiger partial charge in [0.25, 0.3) is 0 Å². The Balaban J connectivity index is 1.80. The van der Waals surface area contributed by atoms with E-state index in [-0.39, 0.29) is 5.56 Å². The van der Waals surface area contributed by atoms with E-state index in [1.807, 2.05) is 19.9 Å². The molecule has 0 aromatic heterocycles. The van der Waals surface area contributed by atoms with Crippen molar-refractivity contribution in [2.75, 3.05) is 0 Å². The van der Waals surface area contributed by atoms with Crippen molar-refractivity contribution >= 4 is 29.7 Å².